The molecule has 0 saturated heterocycles. The van der Waals surface area contributed by atoms with Gasteiger partial charge in [-0.05, 0) is 54.9 Å². The van der Waals surface area contributed by atoms with E-state index < -0.39 is 9.06 Å². The third kappa shape index (κ3) is 3.20. The monoisotopic (exact) mass is 246 g/mol. The van der Waals surface area contributed by atoms with E-state index in [1.807, 2.05) is 0 Å². The lowest BCUT2D eigenvalue weighted by atomic mass is 9.77. The van der Waals surface area contributed by atoms with Crippen molar-refractivity contribution < 1.29 is 0 Å². The van der Waals surface area contributed by atoms with Gasteiger partial charge in [0.25, 0.3) is 0 Å². The molecule has 0 atom stereocenters. The number of hydrogen-bond acceptors (Lipinski definition) is 1. The summed E-state index contributed by atoms with van der Waals surface area (Å²) in [6, 6.07) is 0. The fourth-order valence-corrected chi connectivity index (χ4v) is 4.59. The van der Waals surface area contributed by atoms with Gasteiger partial charge in [0.15, 0.2) is 0 Å². The van der Waals surface area contributed by atoms with Crippen LogP contribution in [0.4, 0.5) is 0 Å². The summed E-state index contributed by atoms with van der Waals surface area (Å²) in [7, 11) is -0.794. The Hall–Kier alpha value is 0.440. The quantitative estimate of drug-likeness (QED) is 0.516. The maximum Gasteiger partial charge on any atom is -0.0137 e. The first-order chi connectivity index (χ1) is 6.79. The molecule has 0 N–H and O–H groups in total. The molecule has 0 nitrogen and oxygen atoms in total. The van der Waals surface area contributed by atoms with E-state index >= 15 is 0 Å². The summed E-state index contributed by atoms with van der Waals surface area (Å²) in [6.45, 7) is 7.10. The van der Waals surface area contributed by atoms with Gasteiger partial charge in [-0.1, -0.05) is 26.3 Å². The molecular formula is C13H26S2. The molecule has 1 aliphatic carbocycles. The summed E-state index contributed by atoms with van der Waals surface area (Å²) >= 11 is 4.85. The van der Waals surface area contributed by atoms with E-state index in [2.05, 4.69) is 33.3 Å². The summed E-state index contributed by atoms with van der Waals surface area (Å²) < 4.78 is 0. The largest absolute Gasteiger partial charge is 0.178 e. The minimum Gasteiger partial charge on any atom is -0.178 e. The van der Waals surface area contributed by atoms with Crippen molar-refractivity contribution in [2.45, 2.75) is 52.9 Å². The number of thiol groups is 1. The zero-order valence-corrected chi connectivity index (χ0v) is 12.6. The van der Waals surface area contributed by atoms with Crippen molar-refractivity contribution in [1.29, 1.82) is 0 Å². The Bertz CT molecular complexity index is 256. The summed E-state index contributed by atoms with van der Waals surface area (Å²) in [5.74, 6) is 0. The highest BCUT2D eigenvalue weighted by Gasteiger charge is 2.29. The molecule has 15 heavy (non-hydrogen) atoms. The lowest BCUT2D eigenvalue weighted by molar-refractivity contribution is 0.398. The van der Waals surface area contributed by atoms with Crippen molar-refractivity contribution in [2.75, 3.05) is 12.5 Å². The summed E-state index contributed by atoms with van der Waals surface area (Å²) in [5.41, 5.74) is 2.12. The van der Waals surface area contributed by atoms with Crippen LogP contribution in [-0.4, -0.2) is 12.5 Å². The summed E-state index contributed by atoms with van der Waals surface area (Å²) in [5, 5.41) is 0. The zero-order valence-electron chi connectivity index (χ0n) is 10.9. The number of allylic oxidation sites excluding steroid dienone is 2. The van der Waals surface area contributed by atoms with Crippen molar-refractivity contribution in [3.63, 3.8) is 0 Å². The van der Waals surface area contributed by atoms with Gasteiger partial charge in [-0.25, -0.2) is 0 Å². The summed E-state index contributed by atoms with van der Waals surface area (Å²) in [4.78, 5) is 1.70. The van der Waals surface area contributed by atoms with Gasteiger partial charge in [0.05, 0.1) is 0 Å². The van der Waals surface area contributed by atoms with E-state index in [0.29, 0.717) is 5.41 Å². The molecule has 1 aliphatic rings. The van der Waals surface area contributed by atoms with E-state index in [4.69, 9.17) is 11.7 Å². The maximum absolute atomic E-state index is 4.85. The van der Waals surface area contributed by atoms with Crippen LogP contribution >= 0.6 is 20.7 Å². The Morgan fingerprint density at radius 2 is 1.73 bits per heavy atom. The Morgan fingerprint density at radius 1 is 1.20 bits per heavy atom. The van der Waals surface area contributed by atoms with Crippen LogP contribution in [0.25, 0.3) is 0 Å². The van der Waals surface area contributed by atoms with Gasteiger partial charge in [0.2, 0.25) is 0 Å². The molecule has 0 amide bonds. The molecule has 0 saturated carbocycles. The first-order valence-electron chi connectivity index (χ1n) is 5.97. The SMILES string of the molecule is CCC(C)(C)C1=C(S(C)(C)S)CCCC1. The zero-order chi connectivity index (χ0) is 11.7. The van der Waals surface area contributed by atoms with E-state index in [0.717, 1.165) is 0 Å². The van der Waals surface area contributed by atoms with E-state index in [9.17, 15) is 0 Å². The molecule has 0 aromatic heterocycles. The van der Waals surface area contributed by atoms with Crippen LogP contribution < -0.4 is 0 Å². The van der Waals surface area contributed by atoms with Gasteiger partial charge < -0.3 is 0 Å². The second-order valence-corrected chi connectivity index (χ2v) is 11.4. The molecule has 0 spiro atoms. The molecule has 90 valence electrons. The molecule has 0 fully saturated rings. The second-order valence-electron chi connectivity index (χ2n) is 5.62. The first-order valence-corrected chi connectivity index (χ1v) is 9.47. The Morgan fingerprint density at radius 3 is 2.20 bits per heavy atom. The third-order valence-corrected chi connectivity index (χ3v) is 6.04. The lowest BCUT2D eigenvalue weighted by Crippen LogP contribution is -2.19. The Kier molecular flexibility index (Phi) is 4.27. The van der Waals surface area contributed by atoms with Gasteiger partial charge in [0.1, 0.15) is 0 Å². The van der Waals surface area contributed by atoms with Crippen molar-refractivity contribution in [3.05, 3.63) is 10.5 Å². The predicted octanol–water partition coefficient (Wildman–Crippen LogP) is 5.16. The highest BCUT2D eigenvalue weighted by Crippen LogP contribution is 2.60. The molecule has 0 aliphatic heterocycles. The van der Waals surface area contributed by atoms with Crippen molar-refractivity contribution >= 4 is 20.7 Å². The minimum atomic E-state index is -0.794. The van der Waals surface area contributed by atoms with Crippen LogP contribution in [0.2, 0.25) is 0 Å². The lowest BCUT2D eigenvalue weighted by Gasteiger charge is -2.39. The van der Waals surface area contributed by atoms with Gasteiger partial charge in [0, 0.05) is 0 Å². The van der Waals surface area contributed by atoms with Crippen LogP contribution in [0.15, 0.2) is 10.5 Å². The van der Waals surface area contributed by atoms with Crippen LogP contribution in [-0.2, 0) is 0 Å². The van der Waals surface area contributed by atoms with Gasteiger partial charge in [-0.2, -0.15) is 9.06 Å². The summed E-state index contributed by atoms with van der Waals surface area (Å²) in [6.07, 6.45) is 11.2. The highest BCUT2D eigenvalue weighted by atomic mass is 33.1. The van der Waals surface area contributed by atoms with E-state index in [1.54, 1.807) is 10.5 Å². The van der Waals surface area contributed by atoms with Gasteiger partial charge >= 0.3 is 0 Å². The molecule has 1 rings (SSSR count). The van der Waals surface area contributed by atoms with Crippen LogP contribution in [0.5, 0.6) is 0 Å². The molecule has 2 heteroatoms. The fraction of sp³-hybridized carbons (Fsp3) is 0.846. The standard InChI is InChI=1S/C13H26S2/c1-6-13(2,3)11-9-7-8-10-12(11)15(4,5)14/h14H,6-10H2,1-5H3. The van der Waals surface area contributed by atoms with Gasteiger partial charge in [-0.15, -0.1) is 11.7 Å². The Labute approximate surface area is 102 Å². The maximum atomic E-state index is 4.85. The molecule has 0 aromatic carbocycles. The smallest absolute Gasteiger partial charge is 0.0137 e. The van der Waals surface area contributed by atoms with Gasteiger partial charge in [-0.3, -0.25) is 0 Å². The number of hydrogen-bond donors (Lipinski definition) is 1. The fourth-order valence-electron chi connectivity index (χ4n) is 2.36. The van der Waals surface area contributed by atoms with E-state index in [1.165, 1.54) is 32.1 Å². The average molecular weight is 246 g/mol. The molecule has 0 bridgehead atoms. The minimum absolute atomic E-state index is 0.392. The van der Waals surface area contributed by atoms with Crippen molar-refractivity contribution in [3.8, 4) is 0 Å². The van der Waals surface area contributed by atoms with Crippen LogP contribution in [0.1, 0.15) is 52.9 Å². The molecule has 0 radical (unpaired) electrons. The topological polar surface area (TPSA) is 0 Å². The molecule has 0 unspecified atom stereocenters. The van der Waals surface area contributed by atoms with Crippen molar-refractivity contribution in [1.82, 2.24) is 0 Å². The molecule has 0 heterocycles. The number of rotatable bonds is 3. The highest BCUT2D eigenvalue weighted by molar-refractivity contribution is 8.89. The second kappa shape index (κ2) is 4.75. The van der Waals surface area contributed by atoms with Crippen LogP contribution in [0, 0.1) is 5.41 Å². The normalized spacial score (nSPS) is 20.7. The molecule has 0 aromatic rings. The van der Waals surface area contributed by atoms with Crippen LogP contribution in [0.3, 0.4) is 0 Å². The first kappa shape index (κ1) is 13.5. The predicted molar refractivity (Wildman–Crippen MR) is 78.0 cm³/mol. The average Bonchev–Trinajstić information content (AvgIpc) is 2.16. The van der Waals surface area contributed by atoms with Crippen molar-refractivity contribution in [2.24, 2.45) is 5.41 Å². The Balaban J connectivity index is 3.12. The van der Waals surface area contributed by atoms with E-state index in [-0.39, 0.29) is 0 Å². The molecular weight excluding hydrogens is 220 g/mol. The third-order valence-electron chi connectivity index (χ3n) is 3.72.